The van der Waals surface area contributed by atoms with Gasteiger partial charge in [0.15, 0.2) is 29.1 Å². The van der Waals surface area contributed by atoms with Gasteiger partial charge >= 0.3 is 0 Å². The molecule has 142 valence electrons. The van der Waals surface area contributed by atoms with E-state index in [0.717, 1.165) is 27.9 Å². The Morgan fingerprint density at radius 2 is 1.78 bits per heavy atom. The zero-order valence-corrected chi connectivity index (χ0v) is 15.9. The number of carbonyl (C=O) groups excluding carboxylic acids is 1. The molecule has 0 saturated carbocycles. The number of hydrogen-bond donors (Lipinski definition) is 0. The fraction of sp³-hybridized carbons (Fsp3) is 0.350. The van der Waals surface area contributed by atoms with E-state index in [1.165, 1.54) is 11.8 Å². The average molecular weight is 387 g/mol. The van der Waals surface area contributed by atoms with Gasteiger partial charge in [0.1, 0.15) is 19.8 Å². The quantitative estimate of drug-likeness (QED) is 0.736. The molecule has 2 aromatic carbocycles. The number of amides is 1. The van der Waals surface area contributed by atoms with Gasteiger partial charge in [0.2, 0.25) is 5.91 Å². The highest BCUT2D eigenvalue weighted by Crippen LogP contribution is 2.34. The van der Waals surface area contributed by atoms with E-state index in [2.05, 4.69) is 0 Å². The lowest BCUT2D eigenvalue weighted by Gasteiger charge is -2.29. The number of carbonyl (C=O) groups is 1. The molecule has 2 heterocycles. The molecule has 2 aliphatic rings. The number of nitrogens with zero attached hydrogens (tertiary/aromatic N) is 1. The topological polar surface area (TPSA) is 57.2 Å². The maximum atomic E-state index is 12.5. The minimum absolute atomic E-state index is 0.0392. The fourth-order valence-electron chi connectivity index (χ4n) is 2.93. The average Bonchev–Trinajstić information content (AvgIpc) is 2.71. The number of thioether (sulfide) groups is 1. The molecule has 0 bridgehead atoms. The third kappa shape index (κ3) is 4.24. The Morgan fingerprint density at radius 1 is 1.04 bits per heavy atom. The van der Waals surface area contributed by atoms with Crippen molar-refractivity contribution in [3.05, 3.63) is 42.5 Å². The molecule has 6 nitrogen and oxygen atoms in total. The number of hydrogen-bond acceptors (Lipinski definition) is 6. The number of likely N-dealkylation sites (N-methyl/N-ethyl adjacent to an activating group) is 1. The van der Waals surface area contributed by atoms with Crippen molar-refractivity contribution in [3.8, 4) is 23.0 Å². The lowest BCUT2D eigenvalue weighted by atomic mass is 10.2. The summed E-state index contributed by atoms with van der Waals surface area (Å²) < 4.78 is 22.7. The Hall–Kier alpha value is -2.54. The SMILES string of the molecule is CN(CC1COc2ccccc2O1)C(=O)CSc1ccc2c(c1)OCCO2. The molecule has 0 aliphatic carbocycles. The van der Waals surface area contributed by atoms with Crippen LogP contribution in [0.2, 0.25) is 0 Å². The fourth-order valence-corrected chi connectivity index (χ4v) is 3.79. The number of fused-ring (bicyclic) bond motifs is 2. The van der Waals surface area contributed by atoms with Crippen LogP contribution in [0.4, 0.5) is 0 Å². The second-order valence-corrected chi connectivity index (χ2v) is 7.41. The van der Waals surface area contributed by atoms with Gasteiger partial charge in [0.05, 0.1) is 12.3 Å². The van der Waals surface area contributed by atoms with E-state index in [1.807, 2.05) is 42.5 Å². The van der Waals surface area contributed by atoms with Crippen LogP contribution in [-0.2, 0) is 4.79 Å². The van der Waals surface area contributed by atoms with Gasteiger partial charge in [-0.2, -0.15) is 0 Å². The molecule has 7 heteroatoms. The number of ether oxygens (including phenoxy) is 4. The molecule has 1 atom stereocenters. The molecule has 0 N–H and O–H groups in total. The van der Waals surface area contributed by atoms with Gasteiger partial charge in [-0.25, -0.2) is 0 Å². The van der Waals surface area contributed by atoms with E-state index < -0.39 is 0 Å². The van der Waals surface area contributed by atoms with Crippen molar-refractivity contribution < 1.29 is 23.7 Å². The standard InChI is InChI=1S/C20H21NO5S/c1-21(11-14-12-25-16-4-2-3-5-18(16)26-14)20(22)13-27-15-6-7-17-19(10-15)24-9-8-23-17/h2-7,10,14H,8-9,11-13H2,1H3. The van der Waals surface area contributed by atoms with Crippen molar-refractivity contribution in [2.75, 3.05) is 39.2 Å². The van der Waals surface area contributed by atoms with E-state index in [9.17, 15) is 4.79 Å². The van der Waals surface area contributed by atoms with Gasteiger partial charge in [-0.15, -0.1) is 11.8 Å². The van der Waals surface area contributed by atoms with Gasteiger partial charge in [0.25, 0.3) is 0 Å². The van der Waals surface area contributed by atoms with Crippen LogP contribution in [0.3, 0.4) is 0 Å². The Morgan fingerprint density at radius 3 is 2.63 bits per heavy atom. The molecule has 2 aromatic rings. The molecule has 0 fully saturated rings. The maximum Gasteiger partial charge on any atom is 0.232 e. The predicted octanol–water partition coefficient (Wildman–Crippen LogP) is 2.85. The third-order valence-electron chi connectivity index (χ3n) is 4.35. The van der Waals surface area contributed by atoms with E-state index >= 15 is 0 Å². The molecular weight excluding hydrogens is 366 g/mol. The van der Waals surface area contributed by atoms with Gasteiger partial charge in [-0.1, -0.05) is 12.1 Å². The highest BCUT2D eigenvalue weighted by Gasteiger charge is 2.23. The molecule has 1 amide bonds. The largest absolute Gasteiger partial charge is 0.486 e. The second-order valence-electron chi connectivity index (χ2n) is 6.37. The van der Waals surface area contributed by atoms with Gasteiger partial charge in [-0.05, 0) is 30.3 Å². The second kappa shape index (κ2) is 8.00. The van der Waals surface area contributed by atoms with Crippen LogP contribution < -0.4 is 18.9 Å². The van der Waals surface area contributed by atoms with E-state index in [1.54, 1.807) is 11.9 Å². The van der Waals surface area contributed by atoms with Crippen molar-refractivity contribution in [2.24, 2.45) is 0 Å². The van der Waals surface area contributed by atoms with Crippen LogP contribution in [-0.4, -0.2) is 56.1 Å². The molecule has 27 heavy (non-hydrogen) atoms. The first-order chi connectivity index (χ1) is 13.2. The van der Waals surface area contributed by atoms with E-state index in [4.69, 9.17) is 18.9 Å². The van der Waals surface area contributed by atoms with Crippen LogP contribution in [0.15, 0.2) is 47.4 Å². The van der Waals surface area contributed by atoms with Gasteiger partial charge < -0.3 is 23.8 Å². The zero-order valence-electron chi connectivity index (χ0n) is 15.1. The van der Waals surface area contributed by atoms with Crippen LogP contribution in [0.25, 0.3) is 0 Å². The number of para-hydroxylation sites is 2. The molecule has 1 unspecified atom stereocenters. The van der Waals surface area contributed by atoms with Crippen molar-refractivity contribution in [2.45, 2.75) is 11.0 Å². The number of rotatable bonds is 5. The third-order valence-corrected chi connectivity index (χ3v) is 5.33. The van der Waals surface area contributed by atoms with Crippen molar-refractivity contribution >= 4 is 17.7 Å². The molecule has 0 aromatic heterocycles. The predicted molar refractivity (Wildman–Crippen MR) is 102 cm³/mol. The summed E-state index contributed by atoms with van der Waals surface area (Å²) in [5, 5.41) is 0. The number of benzene rings is 2. The smallest absolute Gasteiger partial charge is 0.232 e. The van der Waals surface area contributed by atoms with Crippen LogP contribution >= 0.6 is 11.8 Å². The van der Waals surface area contributed by atoms with Crippen LogP contribution in [0.5, 0.6) is 23.0 Å². The normalized spacial score (nSPS) is 17.3. The highest BCUT2D eigenvalue weighted by atomic mass is 32.2. The molecule has 4 rings (SSSR count). The Labute approximate surface area is 162 Å². The lowest BCUT2D eigenvalue weighted by molar-refractivity contribution is -0.128. The minimum Gasteiger partial charge on any atom is -0.486 e. The Kier molecular flexibility index (Phi) is 5.29. The van der Waals surface area contributed by atoms with E-state index in [-0.39, 0.29) is 12.0 Å². The maximum absolute atomic E-state index is 12.5. The summed E-state index contributed by atoms with van der Waals surface area (Å²) in [5.74, 6) is 3.34. The van der Waals surface area contributed by atoms with Gasteiger partial charge in [0, 0.05) is 11.9 Å². The summed E-state index contributed by atoms with van der Waals surface area (Å²) >= 11 is 1.48. The molecule has 2 aliphatic heterocycles. The summed E-state index contributed by atoms with van der Waals surface area (Å²) in [6, 6.07) is 13.3. The summed E-state index contributed by atoms with van der Waals surface area (Å²) in [6.07, 6.45) is -0.173. The van der Waals surface area contributed by atoms with Crippen molar-refractivity contribution in [3.63, 3.8) is 0 Å². The Balaban J connectivity index is 1.28. The highest BCUT2D eigenvalue weighted by molar-refractivity contribution is 8.00. The van der Waals surface area contributed by atoms with E-state index in [0.29, 0.717) is 32.1 Å². The molecule has 0 spiro atoms. The summed E-state index contributed by atoms with van der Waals surface area (Å²) in [7, 11) is 1.79. The van der Waals surface area contributed by atoms with Crippen molar-refractivity contribution in [1.29, 1.82) is 0 Å². The summed E-state index contributed by atoms with van der Waals surface area (Å²) in [5.41, 5.74) is 0. The zero-order chi connectivity index (χ0) is 18.6. The van der Waals surface area contributed by atoms with Gasteiger partial charge in [-0.3, -0.25) is 4.79 Å². The van der Waals surface area contributed by atoms with Crippen LogP contribution in [0.1, 0.15) is 0 Å². The first-order valence-corrected chi connectivity index (χ1v) is 9.82. The Bertz CT molecular complexity index is 828. The first-order valence-electron chi connectivity index (χ1n) is 8.84. The molecule has 0 saturated heterocycles. The van der Waals surface area contributed by atoms with Crippen molar-refractivity contribution in [1.82, 2.24) is 4.90 Å². The minimum atomic E-state index is -0.173. The van der Waals surface area contributed by atoms with Crippen LogP contribution in [0, 0.1) is 0 Å². The molecule has 0 radical (unpaired) electrons. The first kappa shape index (κ1) is 17.9. The summed E-state index contributed by atoms with van der Waals surface area (Å²) in [6.45, 7) is 2.04. The monoisotopic (exact) mass is 387 g/mol. The lowest BCUT2D eigenvalue weighted by Crippen LogP contribution is -2.42. The summed E-state index contributed by atoms with van der Waals surface area (Å²) in [4.78, 5) is 15.1. The molecular formula is C20H21NO5S.